The molecule has 0 fully saturated rings. The highest BCUT2D eigenvalue weighted by Crippen LogP contribution is 2.14. The van der Waals surface area contributed by atoms with Gasteiger partial charge in [0.1, 0.15) is 0 Å². The zero-order chi connectivity index (χ0) is 12.3. The summed E-state index contributed by atoms with van der Waals surface area (Å²) in [6.07, 6.45) is 3.68. The molecule has 1 aromatic carbocycles. The Morgan fingerprint density at radius 3 is 2.76 bits per heavy atom. The van der Waals surface area contributed by atoms with Crippen LogP contribution in [0.25, 0.3) is 10.8 Å². The van der Waals surface area contributed by atoms with Crippen LogP contribution in [0.1, 0.15) is 26.3 Å². The lowest BCUT2D eigenvalue weighted by molar-refractivity contribution is -0.0757. The molecule has 0 aliphatic rings. The van der Waals surface area contributed by atoms with Gasteiger partial charge in [-0.1, -0.05) is 12.1 Å². The van der Waals surface area contributed by atoms with Crippen LogP contribution >= 0.6 is 0 Å². The van der Waals surface area contributed by atoms with Crippen LogP contribution in [0.2, 0.25) is 0 Å². The number of pyridine rings is 1. The van der Waals surface area contributed by atoms with E-state index in [0.717, 1.165) is 5.39 Å². The first-order valence-electron chi connectivity index (χ1n) is 5.78. The molecule has 0 aliphatic heterocycles. The van der Waals surface area contributed by atoms with Gasteiger partial charge >= 0.3 is 0 Å². The number of fused-ring (bicyclic) bond motifs is 1. The smallest absolute Gasteiger partial charge is 0.0813 e. The minimum atomic E-state index is -0.166. The summed E-state index contributed by atoms with van der Waals surface area (Å²) in [4.78, 5) is 9.58. The van der Waals surface area contributed by atoms with Gasteiger partial charge in [0.2, 0.25) is 0 Å². The lowest BCUT2D eigenvalue weighted by Gasteiger charge is -2.19. The molecule has 3 nitrogen and oxygen atoms in total. The fraction of sp³-hybridized carbons (Fsp3) is 0.357. The molecule has 0 atom stereocenters. The van der Waals surface area contributed by atoms with Crippen LogP contribution in [-0.2, 0) is 11.4 Å². The van der Waals surface area contributed by atoms with E-state index in [-0.39, 0.29) is 5.60 Å². The second-order valence-electron chi connectivity index (χ2n) is 5.09. The predicted molar refractivity (Wildman–Crippen MR) is 69.4 cm³/mol. The molecule has 0 radical (unpaired) electrons. The number of hydrogen-bond donors (Lipinski definition) is 1. The van der Waals surface area contributed by atoms with Crippen molar-refractivity contribution < 1.29 is 4.84 Å². The average molecular weight is 230 g/mol. The van der Waals surface area contributed by atoms with Gasteiger partial charge in [0.25, 0.3) is 0 Å². The van der Waals surface area contributed by atoms with Gasteiger partial charge < -0.3 is 0 Å². The maximum Gasteiger partial charge on any atom is 0.0813 e. The Bertz CT molecular complexity index is 503. The van der Waals surface area contributed by atoms with Gasteiger partial charge in [0.15, 0.2) is 0 Å². The molecule has 2 aromatic rings. The van der Waals surface area contributed by atoms with Gasteiger partial charge in [-0.25, -0.2) is 0 Å². The zero-order valence-corrected chi connectivity index (χ0v) is 10.5. The second-order valence-corrected chi connectivity index (χ2v) is 5.09. The normalized spacial score (nSPS) is 11.9. The minimum Gasteiger partial charge on any atom is -0.296 e. The van der Waals surface area contributed by atoms with Crippen LogP contribution in [0.4, 0.5) is 0 Å². The van der Waals surface area contributed by atoms with E-state index in [2.05, 4.69) is 28.7 Å². The number of rotatable bonds is 3. The average Bonchev–Trinajstić information content (AvgIpc) is 2.27. The van der Waals surface area contributed by atoms with E-state index in [1.807, 2.05) is 39.2 Å². The Morgan fingerprint density at radius 1 is 1.18 bits per heavy atom. The zero-order valence-electron chi connectivity index (χ0n) is 10.5. The Labute approximate surface area is 102 Å². The van der Waals surface area contributed by atoms with Crippen LogP contribution in [0.5, 0.6) is 0 Å². The SMILES string of the molecule is CC(C)(C)ONCc1ccc2cnccc2c1. The summed E-state index contributed by atoms with van der Waals surface area (Å²) in [5, 5.41) is 2.36. The van der Waals surface area contributed by atoms with Crippen molar-refractivity contribution in [3.05, 3.63) is 42.2 Å². The summed E-state index contributed by atoms with van der Waals surface area (Å²) < 4.78 is 0. The quantitative estimate of drug-likeness (QED) is 0.823. The summed E-state index contributed by atoms with van der Waals surface area (Å²) in [5.74, 6) is 0. The standard InChI is InChI=1S/C14H18N2O/c1-14(2,3)17-16-9-11-4-5-13-10-15-7-6-12(13)8-11/h4-8,10,16H,9H2,1-3H3. The highest BCUT2D eigenvalue weighted by molar-refractivity contribution is 5.81. The topological polar surface area (TPSA) is 34.1 Å². The number of nitrogens with zero attached hydrogens (tertiary/aromatic N) is 1. The highest BCUT2D eigenvalue weighted by Gasteiger charge is 2.09. The van der Waals surface area contributed by atoms with E-state index in [1.165, 1.54) is 10.9 Å². The Balaban J connectivity index is 2.04. The van der Waals surface area contributed by atoms with Crippen LogP contribution in [0.3, 0.4) is 0 Å². The van der Waals surface area contributed by atoms with Crippen molar-refractivity contribution in [3.8, 4) is 0 Å². The first-order valence-corrected chi connectivity index (χ1v) is 5.78. The molecule has 1 aromatic heterocycles. The molecule has 0 saturated heterocycles. The fourth-order valence-electron chi connectivity index (χ4n) is 1.58. The molecule has 0 amide bonds. The van der Waals surface area contributed by atoms with Crippen molar-refractivity contribution in [2.75, 3.05) is 0 Å². The van der Waals surface area contributed by atoms with Crippen LogP contribution in [0, 0.1) is 0 Å². The van der Waals surface area contributed by atoms with Crippen LogP contribution < -0.4 is 5.48 Å². The lowest BCUT2D eigenvalue weighted by atomic mass is 10.1. The molecule has 1 heterocycles. The first kappa shape index (κ1) is 12.0. The van der Waals surface area contributed by atoms with Crippen molar-refractivity contribution in [2.45, 2.75) is 32.9 Å². The number of hydrogen-bond acceptors (Lipinski definition) is 3. The molecule has 1 N–H and O–H groups in total. The number of benzene rings is 1. The van der Waals surface area contributed by atoms with E-state index in [1.54, 1.807) is 0 Å². The van der Waals surface area contributed by atoms with Crippen LogP contribution in [0.15, 0.2) is 36.7 Å². The largest absolute Gasteiger partial charge is 0.296 e. The predicted octanol–water partition coefficient (Wildman–Crippen LogP) is 3.05. The fourth-order valence-corrected chi connectivity index (χ4v) is 1.58. The van der Waals surface area contributed by atoms with Crippen molar-refractivity contribution >= 4 is 10.8 Å². The van der Waals surface area contributed by atoms with Crippen LogP contribution in [-0.4, -0.2) is 10.6 Å². The van der Waals surface area contributed by atoms with Gasteiger partial charge in [-0.05, 0) is 43.9 Å². The minimum absolute atomic E-state index is 0.166. The molecule has 3 heteroatoms. The third kappa shape index (κ3) is 3.51. The molecule has 0 spiro atoms. The summed E-state index contributed by atoms with van der Waals surface area (Å²) in [6.45, 7) is 6.76. The highest BCUT2D eigenvalue weighted by atomic mass is 16.7. The Hall–Kier alpha value is -1.45. The van der Waals surface area contributed by atoms with E-state index in [9.17, 15) is 0 Å². The monoisotopic (exact) mass is 230 g/mol. The summed E-state index contributed by atoms with van der Waals surface area (Å²) in [6, 6.07) is 8.33. The van der Waals surface area contributed by atoms with E-state index >= 15 is 0 Å². The first-order chi connectivity index (χ1) is 8.04. The summed E-state index contributed by atoms with van der Waals surface area (Å²) >= 11 is 0. The Morgan fingerprint density at radius 2 is 2.00 bits per heavy atom. The summed E-state index contributed by atoms with van der Waals surface area (Å²) in [5.41, 5.74) is 4.03. The molecular formula is C14H18N2O. The van der Waals surface area contributed by atoms with Gasteiger partial charge in [0, 0.05) is 24.3 Å². The molecule has 90 valence electrons. The van der Waals surface area contributed by atoms with Gasteiger partial charge in [0.05, 0.1) is 5.60 Å². The molecule has 0 bridgehead atoms. The van der Waals surface area contributed by atoms with E-state index in [0.29, 0.717) is 6.54 Å². The van der Waals surface area contributed by atoms with Gasteiger partial charge in [-0.15, -0.1) is 0 Å². The third-order valence-electron chi connectivity index (χ3n) is 2.36. The third-order valence-corrected chi connectivity index (χ3v) is 2.36. The maximum atomic E-state index is 5.48. The molecule has 2 rings (SSSR count). The van der Waals surface area contributed by atoms with Crippen molar-refractivity contribution in [3.63, 3.8) is 0 Å². The van der Waals surface area contributed by atoms with E-state index in [4.69, 9.17) is 4.84 Å². The number of aromatic nitrogens is 1. The van der Waals surface area contributed by atoms with Crippen molar-refractivity contribution in [2.24, 2.45) is 0 Å². The second kappa shape index (κ2) is 4.82. The van der Waals surface area contributed by atoms with Crippen molar-refractivity contribution in [1.82, 2.24) is 10.5 Å². The molecule has 0 saturated carbocycles. The van der Waals surface area contributed by atoms with E-state index < -0.39 is 0 Å². The number of nitrogens with one attached hydrogen (secondary N) is 1. The van der Waals surface area contributed by atoms with Gasteiger partial charge in [-0.2, -0.15) is 5.48 Å². The summed E-state index contributed by atoms with van der Waals surface area (Å²) in [7, 11) is 0. The lowest BCUT2D eigenvalue weighted by Crippen LogP contribution is -2.28. The number of hydroxylamine groups is 1. The molecule has 0 aliphatic carbocycles. The molecular weight excluding hydrogens is 212 g/mol. The van der Waals surface area contributed by atoms with Crippen molar-refractivity contribution in [1.29, 1.82) is 0 Å². The molecule has 17 heavy (non-hydrogen) atoms. The molecule has 0 unspecified atom stereocenters. The van der Waals surface area contributed by atoms with Gasteiger partial charge in [-0.3, -0.25) is 9.82 Å². The Kier molecular flexibility index (Phi) is 3.41. The maximum absolute atomic E-state index is 5.48.